The lowest BCUT2D eigenvalue weighted by Crippen LogP contribution is -2.06. The Kier molecular flexibility index (Phi) is 1.70. The molecule has 0 spiro atoms. The molecule has 3 rings (SSSR count). The normalized spacial score (nSPS) is 21.9. The number of hydrogen-bond donors (Lipinski definition) is 0. The number of hydrogen-bond acceptors (Lipinski definition) is 4. The third-order valence-corrected chi connectivity index (χ3v) is 2.48. The van der Waals surface area contributed by atoms with Gasteiger partial charge in [0.05, 0.1) is 19.0 Å². The minimum Gasteiger partial charge on any atom is -0.381 e. The van der Waals surface area contributed by atoms with E-state index in [9.17, 15) is 0 Å². The summed E-state index contributed by atoms with van der Waals surface area (Å²) in [5, 5.41) is 4.38. The molecule has 1 aliphatic rings. The molecule has 1 atom stereocenters. The second kappa shape index (κ2) is 3.02. The van der Waals surface area contributed by atoms with Gasteiger partial charge in [-0.3, -0.25) is 0 Å². The topological polar surface area (TPSA) is 52.3 Å². The Balaban J connectivity index is 2.04. The second-order valence-corrected chi connectivity index (χ2v) is 3.44. The van der Waals surface area contributed by atoms with Crippen LogP contribution in [0.15, 0.2) is 18.7 Å². The quantitative estimate of drug-likeness (QED) is 0.661. The molecule has 0 bridgehead atoms. The van der Waals surface area contributed by atoms with E-state index < -0.39 is 0 Å². The molecule has 1 fully saturated rings. The van der Waals surface area contributed by atoms with Crippen molar-refractivity contribution in [2.45, 2.75) is 12.3 Å². The van der Waals surface area contributed by atoms with Crippen molar-refractivity contribution in [1.29, 1.82) is 0 Å². The van der Waals surface area contributed by atoms with Crippen LogP contribution in [-0.4, -0.2) is 32.8 Å². The molecule has 0 saturated carbocycles. The van der Waals surface area contributed by atoms with E-state index in [1.807, 2.05) is 0 Å². The van der Waals surface area contributed by atoms with Gasteiger partial charge in [0.2, 0.25) is 0 Å². The number of aromatic nitrogens is 4. The first-order valence-corrected chi connectivity index (χ1v) is 4.66. The van der Waals surface area contributed by atoms with Crippen LogP contribution in [0.2, 0.25) is 0 Å². The predicted molar refractivity (Wildman–Crippen MR) is 49.0 cm³/mol. The third-order valence-electron chi connectivity index (χ3n) is 2.48. The smallest absolute Gasteiger partial charge is 0.154 e. The zero-order valence-corrected chi connectivity index (χ0v) is 7.63. The van der Waals surface area contributed by atoms with Crippen molar-refractivity contribution in [3.8, 4) is 0 Å². The molecule has 72 valence electrons. The fourth-order valence-corrected chi connectivity index (χ4v) is 1.67. The van der Waals surface area contributed by atoms with Crippen molar-refractivity contribution in [1.82, 2.24) is 19.6 Å². The second-order valence-electron chi connectivity index (χ2n) is 3.44. The van der Waals surface area contributed by atoms with Crippen LogP contribution in [0.3, 0.4) is 0 Å². The molecule has 0 N–H and O–H groups in total. The fourth-order valence-electron chi connectivity index (χ4n) is 1.67. The van der Waals surface area contributed by atoms with Crippen molar-refractivity contribution in [3.63, 3.8) is 0 Å². The molecule has 0 amide bonds. The summed E-state index contributed by atoms with van der Waals surface area (Å²) in [5.74, 6) is 1.20. The van der Waals surface area contributed by atoms with Gasteiger partial charge in [-0.15, -0.1) is 0 Å². The highest BCUT2D eigenvalue weighted by Gasteiger charge is 2.20. The number of imidazole rings is 1. The largest absolute Gasteiger partial charge is 0.381 e. The number of nitrogens with zero attached hydrogens (tertiary/aromatic N) is 4. The first-order valence-electron chi connectivity index (χ1n) is 4.66. The van der Waals surface area contributed by atoms with Crippen molar-refractivity contribution in [2.24, 2.45) is 0 Å². The molecule has 1 saturated heterocycles. The molecule has 0 aromatic carbocycles. The highest BCUT2D eigenvalue weighted by molar-refractivity contribution is 5.39. The maximum atomic E-state index is 5.30. The average Bonchev–Trinajstić information content (AvgIpc) is 2.88. The number of rotatable bonds is 1. The SMILES string of the molecule is c1ncn2nc([C@@H]3CCOC3)ncc12. The molecule has 0 radical (unpaired) electrons. The van der Waals surface area contributed by atoms with E-state index in [0.29, 0.717) is 5.92 Å². The maximum absolute atomic E-state index is 5.30. The van der Waals surface area contributed by atoms with Crippen LogP contribution >= 0.6 is 0 Å². The van der Waals surface area contributed by atoms with Gasteiger partial charge in [-0.05, 0) is 6.42 Å². The van der Waals surface area contributed by atoms with Crippen LogP contribution in [0.5, 0.6) is 0 Å². The summed E-state index contributed by atoms with van der Waals surface area (Å²) in [4.78, 5) is 8.31. The first kappa shape index (κ1) is 7.87. The standard InChI is InChI=1S/C9H10N4O/c1-2-14-5-7(1)9-11-4-8-3-10-6-13(8)12-9/h3-4,6-7H,1-2,5H2/t7-/m1/s1. The van der Waals surface area contributed by atoms with Gasteiger partial charge in [0.15, 0.2) is 5.82 Å². The van der Waals surface area contributed by atoms with E-state index in [2.05, 4.69) is 15.1 Å². The van der Waals surface area contributed by atoms with Crippen LogP contribution in [0.25, 0.3) is 5.52 Å². The number of ether oxygens (including phenoxy) is 1. The van der Waals surface area contributed by atoms with Gasteiger partial charge in [-0.1, -0.05) is 0 Å². The van der Waals surface area contributed by atoms with E-state index in [0.717, 1.165) is 31.0 Å². The lowest BCUT2D eigenvalue weighted by atomic mass is 10.1. The Hall–Kier alpha value is -1.49. The van der Waals surface area contributed by atoms with E-state index >= 15 is 0 Å². The summed E-state index contributed by atoms with van der Waals surface area (Å²) in [5.41, 5.74) is 0.924. The molecule has 5 nitrogen and oxygen atoms in total. The van der Waals surface area contributed by atoms with Crippen LogP contribution in [0, 0.1) is 0 Å². The van der Waals surface area contributed by atoms with Crippen molar-refractivity contribution < 1.29 is 4.74 Å². The van der Waals surface area contributed by atoms with Gasteiger partial charge in [0.1, 0.15) is 11.8 Å². The predicted octanol–water partition coefficient (Wildman–Crippen LogP) is 0.628. The zero-order chi connectivity index (χ0) is 9.38. The van der Waals surface area contributed by atoms with Gasteiger partial charge < -0.3 is 4.74 Å². The lowest BCUT2D eigenvalue weighted by Gasteiger charge is -2.04. The monoisotopic (exact) mass is 190 g/mol. The molecule has 14 heavy (non-hydrogen) atoms. The maximum Gasteiger partial charge on any atom is 0.154 e. The summed E-state index contributed by atoms with van der Waals surface area (Å²) in [6.45, 7) is 1.55. The summed E-state index contributed by atoms with van der Waals surface area (Å²) in [6, 6.07) is 0. The molecule has 1 aliphatic heterocycles. The summed E-state index contributed by atoms with van der Waals surface area (Å²) < 4.78 is 7.05. The molecule has 5 heteroatoms. The van der Waals surface area contributed by atoms with Crippen molar-refractivity contribution in [3.05, 3.63) is 24.5 Å². The van der Waals surface area contributed by atoms with Crippen LogP contribution < -0.4 is 0 Å². The molecule has 2 aromatic heterocycles. The summed E-state index contributed by atoms with van der Waals surface area (Å²) in [6.07, 6.45) is 6.25. The third kappa shape index (κ3) is 1.17. The molecule has 0 aliphatic carbocycles. The van der Waals surface area contributed by atoms with Gasteiger partial charge in [-0.25, -0.2) is 14.5 Å². The van der Waals surface area contributed by atoms with Gasteiger partial charge >= 0.3 is 0 Å². The molecular formula is C9H10N4O. The highest BCUT2D eigenvalue weighted by atomic mass is 16.5. The molecule has 3 heterocycles. The van der Waals surface area contributed by atoms with Crippen molar-refractivity contribution in [2.75, 3.05) is 13.2 Å². The van der Waals surface area contributed by atoms with E-state index in [-0.39, 0.29) is 0 Å². The Morgan fingerprint density at radius 1 is 1.43 bits per heavy atom. The van der Waals surface area contributed by atoms with Gasteiger partial charge in [-0.2, -0.15) is 5.10 Å². The summed E-state index contributed by atoms with van der Waals surface area (Å²) in [7, 11) is 0. The summed E-state index contributed by atoms with van der Waals surface area (Å²) >= 11 is 0. The van der Waals surface area contributed by atoms with E-state index in [4.69, 9.17) is 4.74 Å². The number of fused-ring (bicyclic) bond motifs is 1. The highest BCUT2D eigenvalue weighted by Crippen LogP contribution is 2.21. The van der Waals surface area contributed by atoms with Crippen molar-refractivity contribution >= 4 is 5.52 Å². The zero-order valence-electron chi connectivity index (χ0n) is 7.63. The Labute approximate surface area is 80.7 Å². The van der Waals surface area contributed by atoms with Gasteiger partial charge in [0.25, 0.3) is 0 Å². The fraction of sp³-hybridized carbons (Fsp3) is 0.444. The Morgan fingerprint density at radius 3 is 3.29 bits per heavy atom. The van der Waals surface area contributed by atoms with Crippen LogP contribution in [-0.2, 0) is 4.74 Å². The van der Waals surface area contributed by atoms with Crippen LogP contribution in [0.4, 0.5) is 0 Å². The minimum atomic E-state index is 0.349. The Bertz CT molecular complexity index is 447. The van der Waals surface area contributed by atoms with E-state index in [1.54, 1.807) is 23.2 Å². The van der Waals surface area contributed by atoms with Gasteiger partial charge in [0, 0.05) is 12.5 Å². The van der Waals surface area contributed by atoms with E-state index in [1.165, 1.54) is 0 Å². The molecule has 2 aromatic rings. The minimum absolute atomic E-state index is 0.349. The molecular weight excluding hydrogens is 180 g/mol. The first-order chi connectivity index (χ1) is 6.93. The Morgan fingerprint density at radius 2 is 2.43 bits per heavy atom. The molecule has 0 unspecified atom stereocenters. The average molecular weight is 190 g/mol. The lowest BCUT2D eigenvalue weighted by molar-refractivity contribution is 0.193. The van der Waals surface area contributed by atoms with Crippen LogP contribution in [0.1, 0.15) is 18.2 Å².